The number of hydrogen-bond acceptors (Lipinski definition) is 2. The minimum absolute atomic E-state index is 0.634. The second-order valence-electron chi connectivity index (χ2n) is 4.61. The Morgan fingerprint density at radius 2 is 1.94 bits per heavy atom. The molecular formula is C13H19ClN2. The molecule has 0 unspecified atom stereocenters. The fourth-order valence-electron chi connectivity index (χ4n) is 2.47. The first-order valence-corrected chi connectivity index (χ1v) is 6.34. The molecule has 3 heteroatoms. The fraction of sp³-hybridized carbons (Fsp3) is 0.538. The van der Waals surface area contributed by atoms with Crippen molar-refractivity contribution in [1.82, 2.24) is 0 Å². The molecular weight excluding hydrogens is 220 g/mol. The van der Waals surface area contributed by atoms with Crippen molar-refractivity contribution in [2.75, 3.05) is 17.7 Å². The van der Waals surface area contributed by atoms with Gasteiger partial charge in [-0.2, -0.15) is 0 Å². The van der Waals surface area contributed by atoms with Crippen LogP contribution in [-0.4, -0.2) is 13.1 Å². The maximum absolute atomic E-state index is 6.22. The number of nitrogen functional groups attached to an aromatic ring is 1. The molecule has 2 rings (SSSR count). The van der Waals surface area contributed by atoms with E-state index in [-0.39, 0.29) is 0 Å². The van der Waals surface area contributed by atoms with Gasteiger partial charge in [-0.15, -0.1) is 0 Å². The number of hydrogen-bond donors (Lipinski definition) is 1. The SMILES string of the molecule is CN(c1ccc(N)cc1Cl)C1CCCCC1. The van der Waals surface area contributed by atoms with Gasteiger partial charge in [0.05, 0.1) is 10.7 Å². The van der Waals surface area contributed by atoms with Crippen LogP contribution in [0, 0.1) is 0 Å². The monoisotopic (exact) mass is 238 g/mol. The summed E-state index contributed by atoms with van der Waals surface area (Å²) in [5.41, 5.74) is 7.53. The molecule has 1 aliphatic rings. The van der Waals surface area contributed by atoms with E-state index in [4.69, 9.17) is 17.3 Å². The van der Waals surface area contributed by atoms with Crippen molar-refractivity contribution < 1.29 is 0 Å². The highest BCUT2D eigenvalue weighted by Crippen LogP contribution is 2.32. The van der Waals surface area contributed by atoms with Gasteiger partial charge in [-0.05, 0) is 31.0 Å². The standard InChI is InChI=1S/C13H19ClN2/c1-16(11-5-3-2-4-6-11)13-8-7-10(15)9-12(13)14/h7-9,11H,2-6,15H2,1H3. The summed E-state index contributed by atoms with van der Waals surface area (Å²) in [6.07, 6.45) is 6.59. The van der Waals surface area contributed by atoms with Gasteiger partial charge in [0, 0.05) is 18.8 Å². The molecule has 0 aliphatic heterocycles. The Morgan fingerprint density at radius 3 is 2.56 bits per heavy atom. The predicted molar refractivity (Wildman–Crippen MR) is 71.1 cm³/mol. The van der Waals surface area contributed by atoms with Gasteiger partial charge < -0.3 is 10.6 Å². The lowest BCUT2D eigenvalue weighted by molar-refractivity contribution is 0.427. The van der Waals surface area contributed by atoms with E-state index >= 15 is 0 Å². The molecule has 0 radical (unpaired) electrons. The van der Waals surface area contributed by atoms with Gasteiger partial charge in [0.25, 0.3) is 0 Å². The first-order valence-electron chi connectivity index (χ1n) is 5.96. The summed E-state index contributed by atoms with van der Waals surface area (Å²) >= 11 is 6.22. The second kappa shape index (κ2) is 4.96. The van der Waals surface area contributed by atoms with Crippen LogP contribution in [0.15, 0.2) is 18.2 Å². The molecule has 0 amide bonds. The summed E-state index contributed by atoms with van der Waals surface area (Å²) < 4.78 is 0. The largest absolute Gasteiger partial charge is 0.399 e. The summed E-state index contributed by atoms with van der Waals surface area (Å²) in [6.45, 7) is 0. The van der Waals surface area contributed by atoms with Crippen LogP contribution in [-0.2, 0) is 0 Å². The van der Waals surface area contributed by atoms with Gasteiger partial charge in [0.1, 0.15) is 0 Å². The highest BCUT2D eigenvalue weighted by atomic mass is 35.5. The Labute approximate surface area is 102 Å². The van der Waals surface area contributed by atoms with Gasteiger partial charge in [-0.1, -0.05) is 30.9 Å². The Kier molecular flexibility index (Phi) is 3.59. The first-order chi connectivity index (χ1) is 7.68. The maximum Gasteiger partial charge on any atom is 0.0660 e. The number of nitrogens with two attached hydrogens (primary N) is 1. The van der Waals surface area contributed by atoms with E-state index < -0.39 is 0 Å². The van der Waals surface area contributed by atoms with Crippen LogP contribution in [0.5, 0.6) is 0 Å². The molecule has 1 fully saturated rings. The average molecular weight is 239 g/mol. The van der Waals surface area contributed by atoms with Crippen LogP contribution in [0.1, 0.15) is 32.1 Å². The zero-order valence-electron chi connectivity index (χ0n) is 9.75. The molecule has 16 heavy (non-hydrogen) atoms. The molecule has 1 aromatic carbocycles. The lowest BCUT2D eigenvalue weighted by Gasteiger charge is -2.33. The van der Waals surface area contributed by atoms with Crippen LogP contribution in [0.25, 0.3) is 0 Å². The van der Waals surface area contributed by atoms with E-state index in [1.165, 1.54) is 32.1 Å². The maximum atomic E-state index is 6.22. The van der Waals surface area contributed by atoms with E-state index in [1.54, 1.807) is 0 Å². The van der Waals surface area contributed by atoms with Crippen LogP contribution < -0.4 is 10.6 Å². The molecule has 88 valence electrons. The summed E-state index contributed by atoms with van der Waals surface area (Å²) in [5, 5.41) is 0.757. The molecule has 0 saturated heterocycles. The van der Waals surface area contributed by atoms with Gasteiger partial charge in [-0.3, -0.25) is 0 Å². The van der Waals surface area contributed by atoms with Gasteiger partial charge in [0.15, 0.2) is 0 Å². The Morgan fingerprint density at radius 1 is 1.25 bits per heavy atom. The molecule has 1 aliphatic carbocycles. The number of benzene rings is 1. The summed E-state index contributed by atoms with van der Waals surface area (Å²) in [6, 6.07) is 6.40. The highest BCUT2D eigenvalue weighted by Gasteiger charge is 2.19. The zero-order valence-corrected chi connectivity index (χ0v) is 10.5. The van der Waals surface area contributed by atoms with Crippen LogP contribution in [0.4, 0.5) is 11.4 Å². The Balaban J connectivity index is 2.15. The summed E-state index contributed by atoms with van der Waals surface area (Å²) in [4.78, 5) is 2.31. The van der Waals surface area contributed by atoms with Gasteiger partial charge >= 0.3 is 0 Å². The molecule has 2 N–H and O–H groups in total. The van der Waals surface area contributed by atoms with E-state index in [0.717, 1.165) is 16.4 Å². The van der Waals surface area contributed by atoms with Gasteiger partial charge in [0.2, 0.25) is 0 Å². The molecule has 0 spiro atoms. The molecule has 1 saturated carbocycles. The number of halogens is 1. The van der Waals surface area contributed by atoms with E-state index in [2.05, 4.69) is 11.9 Å². The van der Waals surface area contributed by atoms with Crippen LogP contribution in [0.2, 0.25) is 5.02 Å². The quantitative estimate of drug-likeness (QED) is 0.797. The van der Waals surface area contributed by atoms with Crippen molar-refractivity contribution in [1.29, 1.82) is 0 Å². The van der Waals surface area contributed by atoms with Crippen molar-refractivity contribution in [3.63, 3.8) is 0 Å². The summed E-state index contributed by atoms with van der Waals surface area (Å²) in [5.74, 6) is 0. The minimum Gasteiger partial charge on any atom is -0.399 e. The fourth-order valence-corrected chi connectivity index (χ4v) is 2.80. The van der Waals surface area contributed by atoms with Crippen molar-refractivity contribution in [3.8, 4) is 0 Å². The highest BCUT2D eigenvalue weighted by molar-refractivity contribution is 6.33. The van der Waals surface area contributed by atoms with E-state index in [1.807, 2.05) is 18.2 Å². The van der Waals surface area contributed by atoms with Crippen molar-refractivity contribution in [2.24, 2.45) is 0 Å². The van der Waals surface area contributed by atoms with Crippen molar-refractivity contribution in [3.05, 3.63) is 23.2 Å². The normalized spacial score (nSPS) is 17.4. The zero-order chi connectivity index (χ0) is 11.5. The molecule has 1 aromatic rings. The summed E-state index contributed by atoms with van der Waals surface area (Å²) in [7, 11) is 2.13. The minimum atomic E-state index is 0.634. The van der Waals surface area contributed by atoms with Crippen molar-refractivity contribution in [2.45, 2.75) is 38.1 Å². The Hall–Kier alpha value is -0.890. The number of nitrogens with zero attached hydrogens (tertiary/aromatic N) is 1. The third-order valence-electron chi connectivity index (χ3n) is 3.47. The lowest BCUT2D eigenvalue weighted by atomic mass is 9.94. The number of rotatable bonds is 2. The van der Waals surface area contributed by atoms with E-state index in [9.17, 15) is 0 Å². The molecule has 0 heterocycles. The van der Waals surface area contributed by atoms with Crippen molar-refractivity contribution >= 4 is 23.0 Å². The predicted octanol–water partition coefficient (Wildman–Crippen LogP) is 3.69. The molecule has 0 bridgehead atoms. The van der Waals surface area contributed by atoms with Crippen LogP contribution in [0.3, 0.4) is 0 Å². The molecule has 2 nitrogen and oxygen atoms in total. The Bertz CT molecular complexity index is 359. The van der Waals surface area contributed by atoms with Crippen LogP contribution >= 0.6 is 11.6 Å². The third-order valence-corrected chi connectivity index (χ3v) is 3.78. The first kappa shape index (κ1) is 11.6. The molecule has 0 atom stereocenters. The third kappa shape index (κ3) is 2.43. The molecule has 0 aromatic heterocycles. The van der Waals surface area contributed by atoms with Gasteiger partial charge in [-0.25, -0.2) is 0 Å². The number of anilines is 2. The van der Waals surface area contributed by atoms with E-state index in [0.29, 0.717) is 6.04 Å². The second-order valence-corrected chi connectivity index (χ2v) is 5.02. The topological polar surface area (TPSA) is 29.3 Å². The lowest BCUT2D eigenvalue weighted by Crippen LogP contribution is -2.33. The average Bonchev–Trinajstić information content (AvgIpc) is 2.29. The smallest absolute Gasteiger partial charge is 0.0660 e.